The van der Waals surface area contributed by atoms with Gasteiger partial charge < -0.3 is 10.6 Å². The van der Waals surface area contributed by atoms with Gasteiger partial charge in [0.15, 0.2) is 4.34 Å². The van der Waals surface area contributed by atoms with Crippen LogP contribution in [0.2, 0.25) is 0 Å². The highest BCUT2D eigenvalue weighted by Gasteiger charge is 2.17. The number of rotatable bonds is 8. The second-order valence-corrected chi connectivity index (χ2v) is 8.96. The Morgan fingerprint density at radius 1 is 1.13 bits per heavy atom. The van der Waals surface area contributed by atoms with Gasteiger partial charge in [-0.15, -0.1) is 6.58 Å². The molecule has 0 bridgehead atoms. The van der Waals surface area contributed by atoms with E-state index in [4.69, 9.17) is 0 Å². The molecule has 7 heteroatoms. The minimum Gasteiger partial charge on any atom is -0.352 e. The van der Waals surface area contributed by atoms with E-state index in [2.05, 4.69) is 22.2 Å². The summed E-state index contributed by atoms with van der Waals surface area (Å²) in [6.07, 6.45) is 1.64. The van der Waals surface area contributed by atoms with E-state index in [1.165, 1.54) is 23.1 Å². The Balaban J connectivity index is 1.84. The van der Waals surface area contributed by atoms with E-state index in [1.54, 1.807) is 6.08 Å². The van der Waals surface area contributed by atoms with E-state index in [-0.39, 0.29) is 17.6 Å². The Hall–Kier alpha value is -2.90. The number of carbonyl (C=O) groups is 2. The van der Waals surface area contributed by atoms with Crippen molar-refractivity contribution in [3.8, 4) is 11.3 Å². The van der Waals surface area contributed by atoms with Crippen LogP contribution >= 0.6 is 23.1 Å². The summed E-state index contributed by atoms with van der Waals surface area (Å²) in [5.74, 6) is -0.0138. The summed E-state index contributed by atoms with van der Waals surface area (Å²) in [4.78, 5) is 29.5. The summed E-state index contributed by atoms with van der Waals surface area (Å²) in [7, 11) is 0. The first-order valence-corrected chi connectivity index (χ1v) is 11.2. The Morgan fingerprint density at radius 3 is 2.50 bits per heavy atom. The van der Waals surface area contributed by atoms with Gasteiger partial charge in [0, 0.05) is 17.7 Å². The lowest BCUT2D eigenvalue weighted by molar-refractivity contribution is -0.118. The number of nitrogens with one attached hydrogen (secondary N) is 2. The number of aromatic nitrogens is 1. The first-order chi connectivity index (χ1) is 14.5. The molecule has 0 unspecified atom stereocenters. The molecule has 154 valence electrons. The van der Waals surface area contributed by atoms with E-state index in [1.807, 2.05) is 62.4 Å². The Bertz CT molecular complexity index is 1040. The van der Waals surface area contributed by atoms with Gasteiger partial charge in [0.1, 0.15) is 10.7 Å². The highest BCUT2D eigenvalue weighted by molar-refractivity contribution is 8.01. The lowest BCUT2D eigenvalue weighted by Gasteiger charge is -2.07. The molecule has 2 N–H and O–H groups in total. The minimum absolute atomic E-state index is 0.0859. The minimum atomic E-state index is -0.178. The van der Waals surface area contributed by atoms with Crippen LogP contribution in [0.5, 0.6) is 0 Å². The SMILES string of the molecule is C=CCNC(=O)CSc1nc(-c2ccccc2)c(NC(=O)c2cc(C)cc(C)c2)s1. The molecular weight excluding hydrogens is 414 g/mol. The molecule has 0 radical (unpaired) electrons. The highest BCUT2D eigenvalue weighted by atomic mass is 32.2. The molecular formula is C23H23N3O2S2. The topological polar surface area (TPSA) is 71.1 Å². The Labute approximate surface area is 184 Å². The number of hydrogen-bond acceptors (Lipinski definition) is 5. The fourth-order valence-corrected chi connectivity index (χ4v) is 4.77. The summed E-state index contributed by atoms with van der Waals surface area (Å²) in [5, 5.41) is 6.43. The van der Waals surface area contributed by atoms with Crippen molar-refractivity contribution in [1.82, 2.24) is 10.3 Å². The number of hydrogen-bond donors (Lipinski definition) is 2. The molecule has 2 amide bonds. The summed E-state index contributed by atoms with van der Waals surface area (Å²) < 4.78 is 0.721. The van der Waals surface area contributed by atoms with Crippen molar-refractivity contribution in [2.75, 3.05) is 17.6 Å². The second-order valence-electron chi connectivity index (χ2n) is 6.74. The fraction of sp³-hybridized carbons (Fsp3) is 0.174. The second kappa shape index (κ2) is 10.2. The van der Waals surface area contributed by atoms with Gasteiger partial charge >= 0.3 is 0 Å². The van der Waals surface area contributed by atoms with Crippen LogP contribution in [0.25, 0.3) is 11.3 Å². The first-order valence-electron chi connectivity index (χ1n) is 9.42. The third-order valence-electron chi connectivity index (χ3n) is 4.14. The van der Waals surface area contributed by atoms with Crippen LogP contribution in [0, 0.1) is 13.8 Å². The number of anilines is 1. The number of carbonyl (C=O) groups excluding carboxylic acids is 2. The van der Waals surface area contributed by atoms with E-state index >= 15 is 0 Å². The molecule has 0 fully saturated rings. The van der Waals surface area contributed by atoms with Crippen LogP contribution in [0.4, 0.5) is 5.00 Å². The van der Waals surface area contributed by atoms with Crippen LogP contribution in [0.1, 0.15) is 21.5 Å². The summed E-state index contributed by atoms with van der Waals surface area (Å²) in [6.45, 7) is 7.97. The lowest BCUT2D eigenvalue weighted by Crippen LogP contribution is -2.24. The average molecular weight is 438 g/mol. The maximum absolute atomic E-state index is 12.9. The van der Waals surface area contributed by atoms with Gasteiger partial charge in [-0.3, -0.25) is 9.59 Å². The maximum atomic E-state index is 12.9. The molecule has 30 heavy (non-hydrogen) atoms. The normalized spacial score (nSPS) is 10.5. The van der Waals surface area contributed by atoms with E-state index in [0.29, 0.717) is 22.8 Å². The standard InChI is InChI=1S/C23H23N3O2S2/c1-4-10-24-19(27)14-29-23-25-20(17-8-6-5-7-9-17)22(30-23)26-21(28)18-12-15(2)11-16(3)13-18/h4-9,11-13H,1,10,14H2,2-3H3,(H,24,27)(H,26,28). The van der Waals surface area contributed by atoms with Crippen molar-refractivity contribution in [3.63, 3.8) is 0 Å². The molecule has 2 aromatic carbocycles. The zero-order valence-corrected chi connectivity index (χ0v) is 18.5. The molecule has 3 aromatic rings. The molecule has 1 heterocycles. The maximum Gasteiger partial charge on any atom is 0.256 e. The van der Waals surface area contributed by atoms with Crippen molar-refractivity contribution in [2.45, 2.75) is 18.2 Å². The van der Waals surface area contributed by atoms with E-state index in [0.717, 1.165) is 21.0 Å². The van der Waals surface area contributed by atoms with Gasteiger partial charge in [-0.25, -0.2) is 4.98 Å². The van der Waals surface area contributed by atoms with Crippen LogP contribution in [-0.4, -0.2) is 29.1 Å². The number of aryl methyl sites for hydroxylation is 2. The highest BCUT2D eigenvalue weighted by Crippen LogP contribution is 2.37. The Kier molecular flexibility index (Phi) is 7.43. The summed E-state index contributed by atoms with van der Waals surface area (Å²) in [6, 6.07) is 15.5. The van der Waals surface area contributed by atoms with Gasteiger partial charge in [-0.1, -0.05) is 76.7 Å². The molecule has 0 aliphatic heterocycles. The van der Waals surface area contributed by atoms with Crippen molar-refractivity contribution in [2.24, 2.45) is 0 Å². The zero-order valence-electron chi connectivity index (χ0n) is 16.9. The molecule has 0 aliphatic carbocycles. The molecule has 0 aliphatic rings. The van der Waals surface area contributed by atoms with Crippen molar-refractivity contribution < 1.29 is 9.59 Å². The third kappa shape index (κ3) is 5.81. The summed E-state index contributed by atoms with van der Waals surface area (Å²) >= 11 is 2.72. The van der Waals surface area contributed by atoms with Gasteiger partial charge in [-0.2, -0.15) is 0 Å². The van der Waals surface area contributed by atoms with Gasteiger partial charge in [-0.05, 0) is 26.0 Å². The molecule has 0 saturated carbocycles. The van der Waals surface area contributed by atoms with Crippen LogP contribution in [0.15, 0.2) is 65.5 Å². The van der Waals surface area contributed by atoms with E-state index in [9.17, 15) is 9.59 Å². The van der Waals surface area contributed by atoms with Crippen molar-refractivity contribution >= 4 is 39.9 Å². The quantitative estimate of drug-likeness (QED) is 0.381. The number of amides is 2. The van der Waals surface area contributed by atoms with Crippen molar-refractivity contribution in [1.29, 1.82) is 0 Å². The number of benzene rings is 2. The molecule has 5 nitrogen and oxygen atoms in total. The number of thiazole rings is 1. The number of nitrogens with zero attached hydrogens (tertiary/aromatic N) is 1. The predicted octanol–water partition coefficient (Wildman–Crippen LogP) is 5.07. The third-order valence-corrected chi connectivity index (χ3v) is 6.25. The number of thioether (sulfide) groups is 1. The van der Waals surface area contributed by atoms with Gasteiger partial charge in [0.05, 0.1) is 5.75 Å². The molecule has 0 saturated heterocycles. The first kappa shape index (κ1) is 21.8. The largest absolute Gasteiger partial charge is 0.352 e. The monoisotopic (exact) mass is 437 g/mol. The molecule has 0 spiro atoms. The fourth-order valence-electron chi connectivity index (χ4n) is 2.88. The molecule has 0 atom stereocenters. The van der Waals surface area contributed by atoms with Crippen LogP contribution in [-0.2, 0) is 4.79 Å². The van der Waals surface area contributed by atoms with E-state index < -0.39 is 0 Å². The average Bonchev–Trinajstić information content (AvgIpc) is 3.13. The van der Waals surface area contributed by atoms with Gasteiger partial charge in [0.2, 0.25) is 5.91 Å². The van der Waals surface area contributed by atoms with Crippen LogP contribution in [0.3, 0.4) is 0 Å². The smallest absolute Gasteiger partial charge is 0.256 e. The Morgan fingerprint density at radius 2 is 1.83 bits per heavy atom. The lowest BCUT2D eigenvalue weighted by atomic mass is 10.1. The molecule has 1 aromatic heterocycles. The van der Waals surface area contributed by atoms with Gasteiger partial charge in [0.25, 0.3) is 5.91 Å². The van der Waals surface area contributed by atoms with Crippen molar-refractivity contribution in [3.05, 3.63) is 77.9 Å². The van der Waals surface area contributed by atoms with Crippen LogP contribution < -0.4 is 10.6 Å². The zero-order chi connectivity index (χ0) is 21.5. The molecule has 3 rings (SSSR count). The predicted molar refractivity (Wildman–Crippen MR) is 125 cm³/mol. The summed E-state index contributed by atoms with van der Waals surface area (Å²) in [5.41, 5.74) is 4.29.